The van der Waals surface area contributed by atoms with Gasteiger partial charge < -0.3 is 15.1 Å². The van der Waals surface area contributed by atoms with Gasteiger partial charge in [0.2, 0.25) is 5.91 Å². The zero-order valence-corrected chi connectivity index (χ0v) is 16.2. The van der Waals surface area contributed by atoms with E-state index in [1.165, 1.54) is 4.68 Å². The molecule has 1 N–H and O–H groups in total. The Morgan fingerprint density at radius 2 is 1.78 bits per heavy atom. The summed E-state index contributed by atoms with van der Waals surface area (Å²) < 4.78 is 1.30. The normalized spacial score (nSPS) is 17.2. The van der Waals surface area contributed by atoms with Gasteiger partial charge in [-0.1, -0.05) is 29.8 Å². The van der Waals surface area contributed by atoms with E-state index in [1.807, 2.05) is 40.1 Å². The largest absolute Gasteiger partial charge is 0.365 e. The highest BCUT2D eigenvalue weighted by Gasteiger charge is 2.31. The van der Waals surface area contributed by atoms with Gasteiger partial charge in [0.05, 0.1) is 23.5 Å². The molecule has 0 atom stereocenters. The molecule has 1 aromatic carbocycles. The number of hydrogen-bond acceptors (Lipinski definition) is 5. The van der Waals surface area contributed by atoms with Crippen molar-refractivity contribution >= 4 is 35.6 Å². The van der Waals surface area contributed by atoms with E-state index < -0.39 is 0 Å². The van der Waals surface area contributed by atoms with Crippen LogP contribution >= 0.6 is 24.0 Å². The van der Waals surface area contributed by atoms with Crippen LogP contribution in [0.4, 0.5) is 5.69 Å². The molecule has 1 amide bonds. The Hall–Kier alpha value is -2.09. The molecule has 0 spiro atoms. The number of hydrogen-bond donors (Lipinski definition) is 1. The second-order valence-corrected chi connectivity index (χ2v) is 6.94. The molecule has 0 aliphatic carbocycles. The number of carbonyl (C=O) groups excluding carboxylic acids is 1. The fourth-order valence-corrected chi connectivity index (χ4v) is 3.54. The van der Waals surface area contributed by atoms with Crippen LogP contribution in [0.1, 0.15) is 0 Å². The summed E-state index contributed by atoms with van der Waals surface area (Å²) in [4.78, 5) is 28.9. The highest BCUT2D eigenvalue weighted by atomic mass is 35.5. The third-order valence-corrected chi connectivity index (χ3v) is 5.32. The van der Waals surface area contributed by atoms with Crippen LogP contribution < -0.4 is 15.8 Å². The van der Waals surface area contributed by atoms with Crippen LogP contribution in [0.25, 0.3) is 5.69 Å². The number of carbonyl (C=O) groups is 1. The van der Waals surface area contributed by atoms with Gasteiger partial charge in [0.25, 0.3) is 5.56 Å². The van der Waals surface area contributed by atoms with E-state index in [-0.39, 0.29) is 34.8 Å². The number of anilines is 1. The van der Waals surface area contributed by atoms with Crippen LogP contribution in [-0.4, -0.2) is 59.9 Å². The van der Waals surface area contributed by atoms with Crippen molar-refractivity contribution in [2.75, 3.05) is 44.2 Å². The summed E-state index contributed by atoms with van der Waals surface area (Å²) in [5.74, 6) is 0.328. The number of piperazine rings is 1. The molecular formula is C18H21Cl2N5O2. The Bertz CT molecular complexity index is 862. The first-order chi connectivity index (χ1) is 12.6. The summed E-state index contributed by atoms with van der Waals surface area (Å²) in [7, 11) is 0. The molecule has 1 aromatic heterocycles. The Kier molecular flexibility index (Phi) is 6.04. The first kappa shape index (κ1) is 19.7. The number of aromatic nitrogens is 2. The lowest BCUT2D eigenvalue weighted by Gasteiger charge is -2.39. The number of nitrogens with zero attached hydrogens (tertiary/aromatic N) is 4. The lowest BCUT2D eigenvalue weighted by atomic mass is 10.0. The van der Waals surface area contributed by atoms with E-state index in [9.17, 15) is 9.59 Å². The Labute approximate surface area is 168 Å². The number of amides is 1. The fourth-order valence-electron chi connectivity index (χ4n) is 3.29. The zero-order valence-electron chi connectivity index (χ0n) is 14.7. The minimum absolute atomic E-state index is 0. The predicted octanol–water partition coefficient (Wildman–Crippen LogP) is 1.18. The standard InChI is InChI=1S/C18H20ClN5O2.ClH/c19-16-15(12-21-24(18(16)26)14-4-2-1-3-5-14)22-6-8-23(9-7-22)17(25)13-10-20-11-13;/h1-5,12-13,20H,6-11H2;1H. The predicted molar refractivity (Wildman–Crippen MR) is 107 cm³/mol. The van der Waals surface area contributed by atoms with Crippen molar-refractivity contribution in [2.24, 2.45) is 5.92 Å². The molecule has 0 bridgehead atoms. The van der Waals surface area contributed by atoms with Crippen LogP contribution in [0, 0.1) is 5.92 Å². The van der Waals surface area contributed by atoms with Crippen molar-refractivity contribution in [1.29, 1.82) is 0 Å². The van der Waals surface area contributed by atoms with E-state index in [0.717, 1.165) is 13.1 Å². The number of benzene rings is 1. The molecule has 4 rings (SSSR count). The lowest BCUT2D eigenvalue weighted by Crippen LogP contribution is -2.56. The summed E-state index contributed by atoms with van der Waals surface area (Å²) in [6, 6.07) is 9.19. The molecule has 0 radical (unpaired) electrons. The van der Waals surface area contributed by atoms with Crippen LogP contribution in [-0.2, 0) is 4.79 Å². The molecular weight excluding hydrogens is 389 g/mol. The maximum atomic E-state index is 12.6. The van der Waals surface area contributed by atoms with Crippen molar-refractivity contribution in [1.82, 2.24) is 20.0 Å². The van der Waals surface area contributed by atoms with Gasteiger partial charge in [-0.05, 0) is 12.1 Å². The lowest BCUT2D eigenvalue weighted by molar-refractivity contribution is -0.137. The molecule has 2 aliphatic heterocycles. The van der Waals surface area contributed by atoms with E-state index in [1.54, 1.807) is 6.20 Å². The van der Waals surface area contributed by atoms with Gasteiger partial charge in [0.15, 0.2) is 0 Å². The second-order valence-electron chi connectivity index (χ2n) is 6.56. The van der Waals surface area contributed by atoms with E-state index in [4.69, 9.17) is 11.6 Å². The summed E-state index contributed by atoms with van der Waals surface area (Å²) in [6.07, 6.45) is 1.63. The van der Waals surface area contributed by atoms with Gasteiger partial charge >= 0.3 is 0 Å². The summed E-state index contributed by atoms with van der Waals surface area (Å²) in [5, 5.41) is 7.57. The second kappa shape index (κ2) is 8.29. The smallest absolute Gasteiger partial charge is 0.292 e. The maximum absolute atomic E-state index is 12.6. The maximum Gasteiger partial charge on any atom is 0.292 e. The topological polar surface area (TPSA) is 70.5 Å². The quantitative estimate of drug-likeness (QED) is 0.823. The number of rotatable bonds is 3. The number of nitrogens with one attached hydrogen (secondary N) is 1. The van der Waals surface area contributed by atoms with E-state index >= 15 is 0 Å². The summed E-state index contributed by atoms with van der Waals surface area (Å²) in [5.41, 5.74) is 0.964. The Balaban J connectivity index is 0.00000210. The Morgan fingerprint density at radius 1 is 1.11 bits per heavy atom. The third-order valence-electron chi connectivity index (χ3n) is 4.96. The monoisotopic (exact) mass is 409 g/mol. The Morgan fingerprint density at radius 3 is 2.37 bits per heavy atom. The molecule has 144 valence electrons. The molecule has 7 nitrogen and oxygen atoms in total. The molecule has 3 heterocycles. The van der Waals surface area contributed by atoms with Gasteiger partial charge in [0.1, 0.15) is 5.02 Å². The summed E-state index contributed by atoms with van der Waals surface area (Å²) >= 11 is 6.36. The average Bonchev–Trinajstić information content (AvgIpc) is 2.63. The van der Waals surface area contributed by atoms with Crippen molar-refractivity contribution in [3.63, 3.8) is 0 Å². The minimum atomic E-state index is -0.339. The highest BCUT2D eigenvalue weighted by molar-refractivity contribution is 6.33. The SMILES string of the molecule is Cl.O=C(C1CNC1)N1CCN(c2cnn(-c3ccccc3)c(=O)c2Cl)CC1. The number of halogens is 2. The van der Waals surface area contributed by atoms with Gasteiger partial charge in [-0.25, -0.2) is 0 Å². The van der Waals surface area contributed by atoms with Crippen LogP contribution in [0.15, 0.2) is 41.3 Å². The van der Waals surface area contributed by atoms with Gasteiger partial charge in [-0.3, -0.25) is 9.59 Å². The molecule has 27 heavy (non-hydrogen) atoms. The fraction of sp³-hybridized carbons (Fsp3) is 0.389. The van der Waals surface area contributed by atoms with Gasteiger partial charge in [-0.2, -0.15) is 9.78 Å². The molecule has 2 aliphatic rings. The molecule has 0 unspecified atom stereocenters. The third kappa shape index (κ3) is 3.81. The van der Waals surface area contributed by atoms with Crippen molar-refractivity contribution in [2.45, 2.75) is 0 Å². The molecule has 9 heteroatoms. The van der Waals surface area contributed by atoms with E-state index in [2.05, 4.69) is 10.4 Å². The molecule has 2 fully saturated rings. The van der Waals surface area contributed by atoms with Crippen molar-refractivity contribution < 1.29 is 4.79 Å². The molecule has 2 aromatic rings. The average molecular weight is 410 g/mol. The molecule has 2 saturated heterocycles. The first-order valence-electron chi connectivity index (χ1n) is 8.73. The van der Waals surface area contributed by atoms with Gasteiger partial charge in [0, 0.05) is 39.3 Å². The van der Waals surface area contributed by atoms with Crippen LogP contribution in [0.2, 0.25) is 5.02 Å². The van der Waals surface area contributed by atoms with Crippen LogP contribution in [0.5, 0.6) is 0 Å². The van der Waals surface area contributed by atoms with Gasteiger partial charge in [-0.15, -0.1) is 12.4 Å². The first-order valence-corrected chi connectivity index (χ1v) is 9.10. The zero-order chi connectivity index (χ0) is 18.1. The molecule has 0 saturated carbocycles. The van der Waals surface area contributed by atoms with Crippen LogP contribution in [0.3, 0.4) is 0 Å². The minimum Gasteiger partial charge on any atom is -0.365 e. The van der Waals surface area contributed by atoms with Crippen molar-refractivity contribution in [3.8, 4) is 5.69 Å². The number of para-hydroxylation sites is 1. The van der Waals surface area contributed by atoms with E-state index in [0.29, 0.717) is 37.6 Å². The van der Waals surface area contributed by atoms with Crippen molar-refractivity contribution in [3.05, 3.63) is 51.9 Å². The summed E-state index contributed by atoms with van der Waals surface area (Å²) in [6.45, 7) is 4.09. The highest BCUT2D eigenvalue weighted by Crippen LogP contribution is 2.23.